The largest absolute Gasteiger partial charge is 0.369 e. The molecule has 84 valence electrons. The first-order valence-electron chi connectivity index (χ1n) is 4.38. The van der Waals surface area contributed by atoms with E-state index in [9.17, 15) is 19.2 Å². The minimum Gasteiger partial charge on any atom is -0.369 e. The normalized spacial score (nSPS) is 9.47. The molecule has 0 aromatic carbocycles. The molecule has 0 spiro atoms. The fourth-order valence-electron chi connectivity index (χ4n) is 1.03. The van der Waals surface area contributed by atoms with Crippen molar-refractivity contribution in [2.45, 2.75) is 20.3 Å². The zero-order valence-electron chi connectivity index (χ0n) is 8.78. The smallest absolute Gasteiger partial charge is 0.232 e. The van der Waals surface area contributed by atoms with Crippen molar-refractivity contribution in [1.82, 2.24) is 4.90 Å². The molecule has 6 heteroatoms. The van der Waals surface area contributed by atoms with E-state index in [-0.39, 0.29) is 24.7 Å². The van der Waals surface area contributed by atoms with Crippen molar-refractivity contribution in [2.75, 3.05) is 13.1 Å². The van der Waals surface area contributed by atoms with E-state index in [1.165, 1.54) is 13.8 Å². The van der Waals surface area contributed by atoms with Crippen LogP contribution in [-0.4, -0.2) is 41.4 Å². The SMILES string of the molecule is CC(=O)CN(CC(C)=O)C(=O)CC(N)=O. The van der Waals surface area contributed by atoms with Crippen LogP contribution in [-0.2, 0) is 19.2 Å². The number of nitrogens with zero attached hydrogens (tertiary/aromatic N) is 1. The fourth-order valence-corrected chi connectivity index (χ4v) is 1.03. The highest BCUT2D eigenvalue weighted by Gasteiger charge is 2.18. The monoisotopic (exact) mass is 214 g/mol. The van der Waals surface area contributed by atoms with E-state index in [1.54, 1.807) is 0 Å². The molecule has 0 aromatic rings. The van der Waals surface area contributed by atoms with Crippen molar-refractivity contribution in [1.29, 1.82) is 0 Å². The topological polar surface area (TPSA) is 97.5 Å². The Kier molecular flexibility index (Phi) is 5.22. The molecule has 0 saturated heterocycles. The summed E-state index contributed by atoms with van der Waals surface area (Å²) in [5.74, 6) is -1.90. The highest BCUT2D eigenvalue weighted by Crippen LogP contribution is 1.95. The number of nitrogens with two attached hydrogens (primary N) is 1. The third kappa shape index (κ3) is 6.36. The van der Waals surface area contributed by atoms with E-state index >= 15 is 0 Å². The van der Waals surface area contributed by atoms with Crippen LogP contribution in [0.4, 0.5) is 0 Å². The Labute approximate surface area is 87.4 Å². The standard InChI is InChI=1S/C9H14N2O4/c1-6(12)4-11(5-7(2)13)9(15)3-8(10)14/h3-5H2,1-2H3,(H2,10,14). The van der Waals surface area contributed by atoms with Gasteiger partial charge in [0, 0.05) is 0 Å². The lowest BCUT2D eigenvalue weighted by molar-refractivity contribution is -0.140. The molecular formula is C9H14N2O4. The predicted octanol–water partition coefficient (Wildman–Crippen LogP) is -1.13. The van der Waals surface area contributed by atoms with Gasteiger partial charge in [-0.2, -0.15) is 0 Å². The van der Waals surface area contributed by atoms with Gasteiger partial charge in [-0.05, 0) is 13.8 Å². The van der Waals surface area contributed by atoms with Crippen LogP contribution in [0.2, 0.25) is 0 Å². The summed E-state index contributed by atoms with van der Waals surface area (Å²) in [6, 6.07) is 0. The van der Waals surface area contributed by atoms with Crippen molar-refractivity contribution >= 4 is 23.4 Å². The summed E-state index contributed by atoms with van der Waals surface area (Å²) in [5, 5.41) is 0. The van der Waals surface area contributed by atoms with Crippen LogP contribution < -0.4 is 5.73 Å². The van der Waals surface area contributed by atoms with E-state index in [0.29, 0.717) is 0 Å². The quantitative estimate of drug-likeness (QED) is 0.565. The Morgan fingerprint density at radius 3 is 1.67 bits per heavy atom. The van der Waals surface area contributed by atoms with Crippen LogP contribution in [0.25, 0.3) is 0 Å². The molecule has 0 aliphatic heterocycles. The second-order valence-electron chi connectivity index (χ2n) is 3.30. The van der Waals surface area contributed by atoms with E-state index in [4.69, 9.17) is 5.73 Å². The molecule has 0 radical (unpaired) electrons. The van der Waals surface area contributed by atoms with Crippen molar-refractivity contribution in [3.05, 3.63) is 0 Å². The number of hydrogen-bond donors (Lipinski definition) is 1. The maximum Gasteiger partial charge on any atom is 0.232 e. The van der Waals surface area contributed by atoms with E-state index < -0.39 is 18.2 Å². The highest BCUT2D eigenvalue weighted by molar-refractivity contribution is 5.98. The number of hydrogen-bond acceptors (Lipinski definition) is 4. The second kappa shape index (κ2) is 5.90. The molecule has 15 heavy (non-hydrogen) atoms. The summed E-state index contributed by atoms with van der Waals surface area (Å²) < 4.78 is 0. The van der Waals surface area contributed by atoms with E-state index in [0.717, 1.165) is 4.90 Å². The fraction of sp³-hybridized carbons (Fsp3) is 0.556. The molecule has 0 fully saturated rings. The first kappa shape index (κ1) is 13.3. The molecule has 0 bridgehead atoms. The minimum atomic E-state index is -0.780. The van der Waals surface area contributed by atoms with Gasteiger partial charge in [-0.1, -0.05) is 0 Å². The van der Waals surface area contributed by atoms with Gasteiger partial charge in [-0.25, -0.2) is 0 Å². The Balaban J connectivity index is 4.46. The van der Waals surface area contributed by atoms with Crippen LogP contribution in [0.15, 0.2) is 0 Å². The Bertz CT molecular complexity index is 282. The summed E-state index contributed by atoms with van der Waals surface area (Å²) in [6.45, 7) is 2.24. The molecule has 0 heterocycles. The van der Waals surface area contributed by atoms with Gasteiger partial charge in [0.15, 0.2) is 0 Å². The van der Waals surface area contributed by atoms with Gasteiger partial charge in [0.05, 0.1) is 13.1 Å². The van der Waals surface area contributed by atoms with Crippen molar-refractivity contribution < 1.29 is 19.2 Å². The van der Waals surface area contributed by atoms with Crippen LogP contribution in [0.1, 0.15) is 20.3 Å². The molecule has 0 aliphatic rings. The molecule has 0 rings (SSSR count). The van der Waals surface area contributed by atoms with Crippen molar-refractivity contribution in [3.63, 3.8) is 0 Å². The number of primary amides is 1. The Morgan fingerprint density at radius 2 is 1.40 bits per heavy atom. The van der Waals surface area contributed by atoms with Gasteiger partial charge in [0.2, 0.25) is 11.8 Å². The number of ketones is 2. The molecule has 6 nitrogen and oxygen atoms in total. The molecule has 2 amide bonds. The van der Waals surface area contributed by atoms with Gasteiger partial charge in [0.25, 0.3) is 0 Å². The average molecular weight is 214 g/mol. The molecule has 0 aromatic heterocycles. The van der Waals surface area contributed by atoms with Crippen LogP contribution in [0.3, 0.4) is 0 Å². The van der Waals surface area contributed by atoms with Crippen molar-refractivity contribution in [2.24, 2.45) is 5.73 Å². The third-order valence-corrected chi connectivity index (χ3v) is 1.51. The molecule has 0 aliphatic carbocycles. The zero-order chi connectivity index (χ0) is 12.0. The van der Waals surface area contributed by atoms with Crippen molar-refractivity contribution in [3.8, 4) is 0 Å². The van der Waals surface area contributed by atoms with Crippen LogP contribution in [0, 0.1) is 0 Å². The van der Waals surface area contributed by atoms with Crippen LogP contribution in [0.5, 0.6) is 0 Å². The molecular weight excluding hydrogens is 200 g/mol. The maximum absolute atomic E-state index is 11.3. The Morgan fingerprint density at radius 1 is 1.00 bits per heavy atom. The predicted molar refractivity (Wildman–Crippen MR) is 51.8 cm³/mol. The van der Waals surface area contributed by atoms with Gasteiger partial charge < -0.3 is 10.6 Å². The summed E-state index contributed by atoms with van der Waals surface area (Å²) in [6.07, 6.45) is -0.486. The summed E-state index contributed by atoms with van der Waals surface area (Å²) in [5.41, 5.74) is 4.84. The van der Waals surface area contributed by atoms with Gasteiger partial charge in [0.1, 0.15) is 18.0 Å². The number of rotatable bonds is 6. The van der Waals surface area contributed by atoms with Gasteiger partial charge >= 0.3 is 0 Å². The average Bonchev–Trinajstić information content (AvgIpc) is 1.99. The number of Topliss-reactive ketones (excluding diaryl/α,β-unsaturated/α-hetero) is 2. The van der Waals surface area contributed by atoms with E-state index in [1.807, 2.05) is 0 Å². The molecule has 0 atom stereocenters. The number of amides is 2. The lowest BCUT2D eigenvalue weighted by Gasteiger charge is -2.18. The minimum absolute atomic E-state index is 0.175. The number of carbonyl (C=O) groups excluding carboxylic acids is 4. The first-order valence-corrected chi connectivity index (χ1v) is 4.38. The van der Waals surface area contributed by atoms with Crippen LogP contribution >= 0.6 is 0 Å². The molecule has 0 unspecified atom stereocenters. The third-order valence-electron chi connectivity index (χ3n) is 1.51. The maximum atomic E-state index is 11.3. The molecule has 2 N–H and O–H groups in total. The highest BCUT2D eigenvalue weighted by atomic mass is 16.2. The van der Waals surface area contributed by atoms with E-state index in [2.05, 4.69) is 0 Å². The number of carbonyl (C=O) groups is 4. The second-order valence-corrected chi connectivity index (χ2v) is 3.30. The van der Waals surface area contributed by atoms with Gasteiger partial charge in [-0.15, -0.1) is 0 Å². The summed E-state index contributed by atoms with van der Waals surface area (Å²) >= 11 is 0. The summed E-state index contributed by atoms with van der Waals surface area (Å²) in [4.78, 5) is 44.5. The first-order chi connectivity index (χ1) is 6.82. The zero-order valence-corrected chi connectivity index (χ0v) is 8.78. The lowest BCUT2D eigenvalue weighted by atomic mass is 10.3. The lowest BCUT2D eigenvalue weighted by Crippen LogP contribution is -2.40. The van der Waals surface area contributed by atoms with Gasteiger partial charge in [-0.3, -0.25) is 19.2 Å². The molecule has 0 saturated carbocycles. The summed E-state index contributed by atoms with van der Waals surface area (Å²) in [7, 11) is 0. The Hall–Kier alpha value is -1.72.